The summed E-state index contributed by atoms with van der Waals surface area (Å²) in [6.45, 7) is 8.74. The third-order valence-electron chi connectivity index (χ3n) is 3.88. The van der Waals surface area contributed by atoms with Gasteiger partial charge in [-0.25, -0.2) is 0 Å². The molecule has 30 heavy (non-hydrogen) atoms. The topological polar surface area (TPSA) is 90.7 Å². The Balaban J connectivity index is 0.00000218. The van der Waals surface area contributed by atoms with E-state index in [0.29, 0.717) is 31.7 Å². The largest absolute Gasteiger partial charge is 0.450 e. The molecule has 0 aromatic heterocycles. The molecule has 0 aliphatic heterocycles. The molecule has 1 N–H and O–H groups in total. The van der Waals surface area contributed by atoms with Crippen molar-refractivity contribution in [3.63, 3.8) is 0 Å². The molecular weight excluding hydrogens is 384 g/mol. The van der Waals surface area contributed by atoms with Crippen molar-refractivity contribution >= 4 is 17.7 Å². The highest BCUT2D eigenvalue weighted by Crippen LogP contribution is 2.34. The van der Waals surface area contributed by atoms with Crippen molar-refractivity contribution in [2.45, 2.75) is 40.2 Å². The standard InChI is InChI=1S/C21H24N2O5.C2H6/c1-16(2)27-13-11-17(10-12-22-15-24)18-8-9-20(23(25)26)21(14-18)28-19-6-4-3-5-7-19;1-2/h3-9,11,14-16H,10,12-13H2,1-2H3,(H,22,24);1-2H3/b17-11+;. The van der Waals surface area contributed by atoms with Crippen LogP contribution in [0.2, 0.25) is 0 Å². The van der Waals surface area contributed by atoms with Gasteiger partial charge in [-0.05, 0) is 55.7 Å². The van der Waals surface area contributed by atoms with Gasteiger partial charge in [-0.1, -0.05) is 38.1 Å². The summed E-state index contributed by atoms with van der Waals surface area (Å²) in [7, 11) is 0. The molecule has 0 aliphatic rings. The van der Waals surface area contributed by atoms with Gasteiger partial charge >= 0.3 is 5.69 Å². The van der Waals surface area contributed by atoms with Crippen LogP contribution in [0.1, 0.15) is 39.7 Å². The fraction of sp³-hybridized carbons (Fsp3) is 0.348. The van der Waals surface area contributed by atoms with E-state index in [1.165, 1.54) is 6.07 Å². The molecular formula is C23H30N2O5. The normalized spacial score (nSPS) is 10.8. The van der Waals surface area contributed by atoms with Gasteiger partial charge in [0.05, 0.1) is 17.6 Å². The number of carbonyl (C=O) groups is 1. The first kappa shape index (κ1) is 24.8. The maximum Gasteiger partial charge on any atom is 0.311 e. The first-order valence-electron chi connectivity index (χ1n) is 10.0. The zero-order chi connectivity index (χ0) is 22.4. The lowest BCUT2D eigenvalue weighted by molar-refractivity contribution is -0.385. The van der Waals surface area contributed by atoms with E-state index in [1.807, 2.05) is 39.8 Å². The summed E-state index contributed by atoms with van der Waals surface area (Å²) >= 11 is 0. The Kier molecular flexibility index (Phi) is 11.5. The maximum absolute atomic E-state index is 11.4. The van der Waals surface area contributed by atoms with Crippen LogP contribution in [0, 0.1) is 10.1 Å². The number of hydrogen-bond donors (Lipinski definition) is 1. The molecule has 1 amide bonds. The second-order valence-corrected chi connectivity index (χ2v) is 6.29. The van der Waals surface area contributed by atoms with Gasteiger partial charge in [0.25, 0.3) is 0 Å². The van der Waals surface area contributed by atoms with E-state index < -0.39 is 4.92 Å². The Morgan fingerprint density at radius 2 is 1.87 bits per heavy atom. The number of nitrogens with zero attached hydrogens (tertiary/aromatic N) is 1. The molecule has 0 atom stereocenters. The molecule has 0 spiro atoms. The number of carbonyl (C=O) groups excluding carboxylic acids is 1. The van der Waals surface area contributed by atoms with E-state index in [4.69, 9.17) is 9.47 Å². The van der Waals surface area contributed by atoms with E-state index in [2.05, 4.69) is 5.32 Å². The van der Waals surface area contributed by atoms with Crippen molar-refractivity contribution in [3.8, 4) is 11.5 Å². The van der Waals surface area contributed by atoms with E-state index in [-0.39, 0.29) is 17.5 Å². The Bertz CT molecular complexity index is 820. The van der Waals surface area contributed by atoms with Gasteiger partial charge in [0.2, 0.25) is 12.2 Å². The van der Waals surface area contributed by atoms with E-state index in [1.54, 1.807) is 36.4 Å². The lowest BCUT2D eigenvalue weighted by Crippen LogP contribution is -2.13. The molecule has 0 bridgehead atoms. The number of para-hydroxylation sites is 1. The van der Waals surface area contributed by atoms with Gasteiger partial charge in [-0.3, -0.25) is 14.9 Å². The fourth-order valence-corrected chi connectivity index (χ4v) is 2.53. The van der Waals surface area contributed by atoms with E-state index in [0.717, 1.165) is 11.1 Å². The van der Waals surface area contributed by atoms with Crippen LogP contribution in [0.3, 0.4) is 0 Å². The van der Waals surface area contributed by atoms with E-state index >= 15 is 0 Å². The van der Waals surface area contributed by atoms with Crippen molar-refractivity contribution in [2.24, 2.45) is 0 Å². The van der Waals surface area contributed by atoms with E-state index in [9.17, 15) is 14.9 Å². The predicted octanol–water partition coefficient (Wildman–Crippen LogP) is 5.36. The first-order valence-corrected chi connectivity index (χ1v) is 10.0. The zero-order valence-corrected chi connectivity index (χ0v) is 18.0. The Labute approximate surface area is 177 Å². The van der Waals surface area contributed by atoms with Gasteiger partial charge in [-0.2, -0.15) is 0 Å². The highest BCUT2D eigenvalue weighted by Gasteiger charge is 2.18. The molecule has 0 saturated heterocycles. The molecule has 0 fully saturated rings. The van der Waals surface area contributed by atoms with Crippen molar-refractivity contribution < 1.29 is 19.2 Å². The Morgan fingerprint density at radius 3 is 2.47 bits per heavy atom. The molecule has 2 rings (SSSR count). The van der Waals surface area contributed by atoms with Crippen LogP contribution in [0.15, 0.2) is 54.6 Å². The number of rotatable bonds is 11. The molecule has 2 aromatic rings. The number of nitro groups is 1. The van der Waals surface area contributed by atoms with Gasteiger partial charge in [0.1, 0.15) is 5.75 Å². The van der Waals surface area contributed by atoms with Gasteiger partial charge in [-0.15, -0.1) is 0 Å². The highest BCUT2D eigenvalue weighted by atomic mass is 16.6. The van der Waals surface area contributed by atoms with Gasteiger partial charge < -0.3 is 14.8 Å². The second-order valence-electron chi connectivity index (χ2n) is 6.29. The van der Waals surface area contributed by atoms with Crippen molar-refractivity contribution in [2.75, 3.05) is 13.2 Å². The maximum atomic E-state index is 11.4. The van der Waals surface area contributed by atoms with Crippen LogP contribution in [-0.2, 0) is 9.53 Å². The quantitative estimate of drug-likeness (QED) is 0.231. The van der Waals surface area contributed by atoms with Crippen LogP contribution >= 0.6 is 0 Å². The van der Waals surface area contributed by atoms with Crippen LogP contribution in [0.5, 0.6) is 11.5 Å². The SMILES string of the molecule is CC.CC(C)OC/C=C(\CCNC=O)c1ccc([N+](=O)[O-])c(Oc2ccccc2)c1. The summed E-state index contributed by atoms with van der Waals surface area (Å²) in [6, 6.07) is 13.7. The summed E-state index contributed by atoms with van der Waals surface area (Å²) in [5.74, 6) is 0.673. The third-order valence-corrected chi connectivity index (χ3v) is 3.88. The summed E-state index contributed by atoms with van der Waals surface area (Å²) in [6.07, 6.45) is 3.20. The molecule has 162 valence electrons. The lowest BCUT2D eigenvalue weighted by atomic mass is 10.0. The zero-order valence-electron chi connectivity index (χ0n) is 18.0. The fourth-order valence-electron chi connectivity index (χ4n) is 2.53. The minimum Gasteiger partial charge on any atom is -0.450 e. The number of amides is 1. The molecule has 0 heterocycles. The van der Waals surface area contributed by atoms with Gasteiger partial charge in [0, 0.05) is 12.6 Å². The van der Waals surface area contributed by atoms with Crippen LogP contribution in [0.4, 0.5) is 5.69 Å². The first-order chi connectivity index (χ1) is 14.5. The average Bonchev–Trinajstić information content (AvgIpc) is 2.74. The molecule has 7 heteroatoms. The second kappa shape index (κ2) is 13.9. The third kappa shape index (κ3) is 8.45. The molecule has 2 aromatic carbocycles. The number of nitrogens with one attached hydrogen (secondary N) is 1. The smallest absolute Gasteiger partial charge is 0.311 e. The summed E-state index contributed by atoms with van der Waals surface area (Å²) < 4.78 is 11.3. The van der Waals surface area contributed by atoms with Crippen molar-refractivity contribution in [1.29, 1.82) is 0 Å². The average molecular weight is 415 g/mol. The molecule has 0 unspecified atom stereocenters. The highest BCUT2D eigenvalue weighted by molar-refractivity contribution is 5.69. The predicted molar refractivity (Wildman–Crippen MR) is 119 cm³/mol. The minimum atomic E-state index is -0.471. The number of ether oxygens (including phenoxy) is 2. The monoisotopic (exact) mass is 414 g/mol. The number of benzene rings is 2. The Hall–Kier alpha value is -3.19. The minimum absolute atomic E-state index is 0.0828. The molecule has 0 aliphatic carbocycles. The summed E-state index contributed by atoms with van der Waals surface area (Å²) in [5.41, 5.74) is 1.57. The lowest BCUT2D eigenvalue weighted by Gasteiger charge is -2.12. The summed E-state index contributed by atoms with van der Waals surface area (Å²) in [5, 5.41) is 14.0. The van der Waals surface area contributed by atoms with Crippen LogP contribution < -0.4 is 10.1 Å². The van der Waals surface area contributed by atoms with Crippen LogP contribution in [-0.4, -0.2) is 30.6 Å². The number of hydrogen-bond acceptors (Lipinski definition) is 5. The van der Waals surface area contributed by atoms with Crippen molar-refractivity contribution in [1.82, 2.24) is 5.32 Å². The molecule has 0 radical (unpaired) electrons. The molecule has 0 saturated carbocycles. The van der Waals surface area contributed by atoms with Crippen LogP contribution in [0.25, 0.3) is 5.57 Å². The van der Waals surface area contributed by atoms with Crippen molar-refractivity contribution in [3.05, 3.63) is 70.3 Å². The summed E-state index contributed by atoms with van der Waals surface area (Å²) in [4.78, 5) is 21.5. The number of nitro benzene ring substituents is 1. The molecule has 7 nitrogen and oxygen atoms in total. The Morgan fingerprint density at radius 1 is 1.17 bits per heavy atom. The van der Waals surface area contributed by atoms with Gasteiger partial charge in [0.15, 0.2) is 0 Å².